The van der Waals surface area contributed by atoms with Crippen molar-refractivity contribution in [3.63, 3.8) is 0 Å². The van der Waals surface area contributed by atoms with Crippen molar-refractivity contribution < 1.29 is 4.40 Å². The van der Waals surface area contributed by atoms with Gasteiger partial charge < -0.3 is 0 Å². The van der Waals surface area contributed by atoms with Crippen molar-refractivity contribution in [3.05, 3.63) is 41.7 Å². The summed E-state index contributed by atoms with van der Waals surface area (Å²) in [6.45, 7) is 0. The molecule has 0 aliphatic carbocycles. The Hall–Kier alpha value is -1.00. The average molecular weight is 280 g/mol. The summed E-state index contributed by atoms with van der Waals surface area (Å²) < 4.78 is 2.14. The number of aromatic nitrogens is 2. The van der Waals surface area contributed by atoms with Crippen LogP contribution in [0.3, 0.4) is 0 Å². The predicted octanol–water partition coefficient (Wildman–Crippen LogP) is 2.93. The van der Waals surface area contributed by atoms with Crippen LogP contribution in [-0.4, -0.2) is 4.98 Å². The van der Waals surface area contributed by atoms with Gasteiger partial charge in [-0.1, -0.05) is 39.4 Å². The van der Waals surface area contributed by atoms with Crippen LogP contribution in [0.2, 0.25) is 0 Å². The molecule has 2 heterocycles. The van der Waals surface area contributed by atoms with Crippen LogP contribution in [0.25, 0.3) is 15.7 Å². The van der Waals surface area contributed by atoms with Crippen molar-refractivity contribution in [3.8, 4) is 0 Å². The smallest absolute Gasteiger partial charge is 0.188 e. The minimum Gasteiger partial charge on any atom is -0.188 e. The van der Waals surface area contributed by atoms with Gasteiger partial charge in [0.15, 0.2) is 10.3 Å². The van der Waals surface area contributed by atoms with Crippen LogP contribution < -0.4 is 4.40 Å². The van der Waals surface area contributed by atoms with Gasteiger partial charge in [0.1, 0.15) is 5.69 Å². The summed E-state index contributed by atoms with van der Waals surface area (Å²) in [6.07, 6.45) is 1.89. The maximum Gasteiger partial charge on any atom is 0.292 e. The molecule has 0 fully saturated rings. The van der Waals surface area contributed by atoms with Gasteiger partial charge in [-0.05, 0) is 17.1 Å². The van der Waals surface area contributed by atoms with E-state index in [4.69, 9.17) is 0 Å². The van der Waals surface area contributed by atoms with Crippen LogP contribution in [0.1, 0.15) is 5.69 Å². The van der Waals surface area contributed by atoms with Crippen LogP contribution in [0, 0.1) is 0 Å². The Labute approximate surface area is 99.3 Å². The van der Waals surface area contributed by atoms with E-state index in [-0.39, 0.29) is 0 Å². The SMILES string of the molecule is BrCc1csc2c3ccccc3nc[n+]12. The Morgan fingerprint density at radius 2 is 2.20 bits per heavy atom. The largest absolute Gasteiger partial charge is 0.292 e. The maximum atomic E-state index is 4.44. The number of hydrogen-bond acceptors (Lipinski definition) is 2. The average Bonchev–Trinajstić information content (AvgIpc) is 2.72. The lowest BCUT2D eigenvalue weighted by atomic mass is 10.2. The Bertz CT molecular complexity index is 633. The summed E-state index contributed by atoms with van der Waals surface area (Å²) in [5.41, 5.74) is 2.30. The lowest BCUT2D eigenvalue weighted by Crippen LogP contribution is -2.23. The minimum absolute atomic E-state index is 0.859. The highest BCUT2D eigenvalue weighted by atomic mass is 79.9. The van der Waals surface area contributed by atoms with Crippen molar-refractivity contribution in [2.75, 3.05) is 0 Å². The maximum absolute atomic E-state index is 4.44. The van der Waals surface area contributed by atoms with Gasteiger partial charge in [-0.25, -0.2) is 0 Å². The fourth-order valence-electron chi connectivity index (χ4n) is 1.67. The molecule has 0 atom stereocenters. The lowest BCUT2D eigenvalue weighted by Gasteiger charge is -1.92. The molecule has 0 unspecified atom stereocenters. The van der Waals surface area contributed by atoms with E-state index in [1.807, 2.05) is 18.5 Å². The highest BCUT2D eigenvalue weighted by Crippen LogP contribution is 2.20. The van der Waals surface area contributed by atoms with Crippen molar-refractivity contribution in [2.45, 2.75) is 5.33 Å². The van der Waals surface area contributed by atoms with Crippen LogP contribution in [0.15, 0.2) is 36.0 Å². The molecule has 0 saturated heterocycles. The third-order valence-corrected chi connectivity index (χ3v) is 4.02. The number of hydrogen-bond donors (Lipinski definition) is 0. The van der Waals surface area contributed by atoms with Gasteiger partial charge in [-0.15, -0.1) is 0 Å². The van der Waals surface area contributed by atoms with E-state index in [0.717, 1.165) is 10.8 Å². The lowest BCUT2D eigenvalue weighted by molar-refractivity contribution is -0.518. The van der Waals surface area contributed by atoms with Crippen molar-refractivity contribution in [1.82, 2.24) is 4.98 Å². The van der Waals surface area contributed by atoms with Crippen LogP contribution in [0.5, 0.6) is 0 Å². The molecule has 0 radical (unpaired) electrons. The first kappa shape index (κ1) is 9.24. The number of fused-ring (bicyclic) bond motifs is 3. The second-order valence-corrected chi connectivity index (χ2v) is 4.72. The number of thiazole rings is 1. The van der Waals surface area contributed by atoms with Crippen molar-refractivity contribution in [2.24, 2.45) is 0 Å². The third-order valence-electron chi connectivity index (χ3n) is 2.42. The van der Waals surface area contributed by atoms with Crippen LogP contribution in [-0.2, 0) is 5.33 Å². The summed E-state index contributed by atoms with van der Waals surface area (Å²) in [7, 11) is 0. The standard InChI is InChI=1S/C11H8BrN2S/c12-5-8-6-15-11-9-3-1-2-4-10(9)13-7-14(8)11/h1-4,6-7H,5H2/q+1. The minimum atomic E-state index is 0.859. The molecule has 3 rings (SSSR count). The van der Waals surface area contributed by atoms with Gasteiger partial charge in [-0.2, -0.15) is 4.40 Å². The topological polar surface area (TPSA) is 17.0 Å². The molecule has 0 bridgehead atoms. The molecule has 0 spiro atoms. The number of alkyl halides is 1. The number of para-hydroxylation sites is 1. The predicted molar refractivity (Wildman–Crippen MR) is 65.4 cm³/mol. The molecule has 74 valence electrons. The third kappa shape index (κ3) is 1.36. The number of benzene rings is 1. The summed E-state index contributed by atoms with van der Waals surface area (Å²) in [4.78, 5) is 5.70. The molecule has 0 aliphatic heterocycles. The first-order valence-electron chi connectivity index (χ1n) is 4.61. The highest BCUT2D eigenvalue weighted by molar-refractivity contribution is 9.08. The summed E-state index contributed by atoms with van der Waals surface area (Å²) in [5, 5.41) is 4.24. The molecule has 2 nitrogen and oxygen atoms in total. The summed E-state index contributed by atoms with van der Waals surface area (Å²) >= 11 is 5.24. The van der Waals surface area contributed by atoms with Crippen molar-refractivity contribution >= 4 is 43.0 Å². The zero-order valence-corrected chi connectivity index (χ0v) is 10.3. The molecule has 4 heteroatoms. The normalized spacial score (nSPS) is 11.3. The van der Waals surface area contributed by atoms with Crippen LogP contribution in [0.4, 0.5) is 0 Å². The Morgan fingerprint density at radius 1 is 1.33 bits per heavy atom. The number of nitrogens with zero attached hydrogens (tertiary/aromatic N) is 2. The second-order valence-electron chi connectivity index (χ2n) is 3.30. The Balaban J connectivity index is 2.50. The summed E-state index contributed by atoms with van der Waals surface area (Å²) in [6, 6.07) is 8.23. The van der Waals surface area contributed by atoms with E-state index in [2.05, 4.69) is 42.8 Å². The fourth-order valence-corrected chi connectivity index (χ4v) is 3.34. The van der Waals surface area contributed by atoms with E-state index in [0.29, 0.717) is 0 Å². The van der Waals surface area contributed by atoms with Gasteiger partial charge in [0, 0.05) is 5.38 Å². The van der Waals surface area contributed by atoms with Gasteiger partial charge >= 0.3 is 0 Å². The van der Waals surface area contributed by atoms with E-state index >= 15 is 0 Å². The molecule has 0 aliphatic rings. The van der Waals surface area contributed by atoms with E-state index in [1.54, 1.807) is 11.3 Å². The molecular formula is C11H8BrN2S+. The van der Waals surface area contributed by atoms with Gasteiger partial charge in [-0.3, -0.25) is 0 Å². The van der Waals surface area contributed by atoms with Gasteiger partial charge in [0.2, 0.25) is 0 Å². The Morgan fingerprint density at radius 3 is 3.07 bits per heavy atom. The molecule has 0 N–H and O–H groups in total. The van der Waals surface area contributed by atoms with E-state index < -0.39 is 0 Å². The zero-order valence-electron chi connectivity index (χ0n) is 7.85. The number of halogens is 1. The molecule has 0 saturated carbocycles. The second kappa shape index (κ2) is 3.54. The quantitative estimate of drug-likeness (QED) is 0.495. The fraction of sp³-hybridized carbons (Fsp3) is 0.0909. The first-order chi connectivity index (χ1) is 7.40. The zero-order chi connectivity index (χ0) is 10.3. The van der Waals surface area contributed by atoms with Crippen molar-refractivity contribution in [1.29, 1.82) is 0 Å². The van der Waals surface area contributed by atoms with Gasteiger partial charge in [0.05, 0.1) is 10.7 Å². The van der Waals surface area contributed by atoms with E-state index in [9.17, 15) is 0 Å². The molecule has 0 amide bonds. The monoisotopic (exact) mass is 279 g/mol. The molecule has 2 aromatic heterocycles. The first-order valence-corrected chi connectivity index (χ1v) is 6.62. The molecule has 15 heavy (non-hydrogen) atoms. The molecular weight excluding hydrogens is 272 g/mol. The highest BCUT2D eigenvalue weighted by Gasteiger charge is 2.12. The number of rotatable bonds is 1. The van der Waals surface area contributed by atoms with E-state index in [1.165, 1.54) is 15.9 Å². The van der Waals surface area contributed by atoms with Gasteiger partial charge in [0.25, 0.3) is 6.33 Å². The molecule has 3 aromatic rings. The van der Waals surface area contributed by atoms with Crippen LogP contribution >= 0.6 is 27.3 Å². The summed E-state index contributed by atoms with van der Waals surface area (Å²) in [5.74, 6) is 0. The Kier molecular flexibility index (Phi) is 2.18. The molecule has 1 aromatic carbocycles.